The Balaban J connectivity index is 2.13. The molecule has 0 saturated carbocycles. The van der Waals surface area contributed by atoms with Crippen LogP contribution < -0.4 is 0 Å². The minimum absolute atomic E-state index is 0.198. The molecule has 0 amide bonds. The van der Waals surface area contributed by atoms with Gasteiger partial charge >= 0.3 is 5.97 Å². The van der Waals surface area contributed by atoms with Crippen LogP contribution >= 0.6 is 23.2 Å². The van der Waals surface area contributed by atoms with Crippen LogP contribution in [0.3, 0.4) is 0 Å². The van der Waals surface area contributed by atoms with Crippen LogP contribution in [-0.2, 0) is 17.8 Å². The number of imidazole rings is 1. The summed E-state index contributed by atoms with van der Waals surface area (Å²) in [6.45, 7) is 0.395. The van der Waals surface area contributed by atoms with Gasteiger partial charge in [-0.15, -0.1) is 0 Å². The molecular weight excluding hydrogens is 347 g/mol. The first-order valence-electron chi connectivity index (χ1n) is 7.32. The van der Waals surface area contributed by atoms with E-state index in [0.29, 0.717) is 23.1 Å². The summed E-state index contributed by atoms with van der Waals surface area (Å²) in [5, 5.41) is 10.0. The van der Waals surface area contributed by atoms with E-state index >= 15 is 0 Å². The summed E-state index contributed by atoms with van der Waals surface area (Å²) in [5.41, 5.74) is 2.20. The zero-order valence-corrected chi connectivity index (χ0v) is 14.1. The zero-order valence-electron chi connectivity index (χ0n) is 12.6. The number of benzene rings is 2. The molecule has 0 aliphatic carbocycles. The maximum absolute atomic E-state index is 11.2. The molecule has 1 N–H and O–H groups in total. The van der Waals surface area contributed by atoms with E-state index in [1.807, 2.05) is 53.1 Å². The Labute approximate surface area is 149 Å². The molecule has 122 valence electrons. The lowest BCUT2D eigenvalue weighted by Gasteiger charge is -2.12. The van der Waals surface area contributed by atoms with Gasteiger partial charge in [-0.05, 0) is 11.6 Å². The fourth-order valence-electron chi connectivity index (χ4n) is 2.54. The molecule has 4 nitrogen and oxygen atoms in total. The van der Waals surface area contributed by atoms with Crippen LogP contribution in [-0.4, -0.2) is 20.6 Å². The van der Waals surface area contributed by atoms with Crippen LogP contribution in [0.4, 0.5) is 0 Å². The first kappa shape index (κ1) is 16.6. The minimum atomic E-state index is -0.961. The lowest BCUT2D eigenvalue weighted by molar-refractivity contribution is -0.136. The number of rotatable bonds is 5. The van der Waals surface area contributed by atoms with Gasteiger partial charge < -0.3 is 9.67 Å². The predicted octanol–water partition coefficient (Wildman–Crippen LogP) is 4.53. The summed E-state index contributed by atoms with van der Waals surface area (Å²) in [6.07, 6.45) is -0.205. The highest BCUT2D eigenvalue weighted by Crippen LogP contribution is 2.28. The fourth-order valence-corrected chi connectivity index (χ4v) is 2.99. The molecule has 0 bridgehead atoms. The van der Waals surface area contributed by atoms with Crippen LogP contribution in [0.1, 0.15) is 11.3 Å². The molecule has 1 heterocycles. The number of carbonyl (C=O) groups is 1. The average Bonchev–Trinajstić information content (AvgIpc) is 2.86. The number of carboxylic acid groups (broad SMARTS) is 1. The van der Waals surface area contributed by atoms with Crippen LogP contribution in [0, 0.1) is 0 Å². The first-order chi connectivity index (χ1) is 11.6. The number of halogens is 2. The van der Waals surface area contributed by atoms with Gasteiger partial charge in [0.05, 0.1) is 18.7 Å². The summed E-state index contributed by atoms with van der Waals surface area (Å²) >= 11 is 12.5. The van der Waals surface area contributed by atoms with Crippen LogP contribution in [0.25, 0.3) is 11.4 Å². The van der Waals surface area contributed by atoms with E-state index in [9.17, 15) is 9.90 Å². The van der Waals surface area contributed by atoms with E-state index in [-0.39, 0.29) is 11.6 Å². The molecule has 0 fully saturated rings. The zero-order chi connectivity index (χ0) is 17.1. The monoisotopic (exact) mass is 360 g/mol. The van der Waals surface area contributed by atoms with Crippen LogP contribution in [0.5, 0.6) is 0 Å². The Morgan fingerprint density at radius 1 is 1.04 bits per heavy atom. The molecule has 3 rings (SSSR count). The van der Waals surface area contributed by atoms with Gasteiger partial charge in [-0.25, -0.2) is 4.98 Å². The van der Waals surface area contributed by atoms with Crippen LogP contribution in [0.2, 0.25) is 10.2 Å². The number of carboxylic acids is 1. The molecule has 0 atom stereocenters. The average molecular weight is 361 g/mol. The molecule has 0 saturated heterocycles. The highest BCUT2D eigenvalue weighted by Gasteiger charge is 2.20. The second-order valence-electron chi connectivity index (χ2n) is 5.29. The lowest BCUT2D eigenvalue weighted by atomic mass is 10.2. The van der Waals surface area contributed by atoms with Crippen molar-refractivity contribution in [1.82, 2.24) is 9.55 Å². The summed E-state index contributed by atoms with van der Waals surface area (Å²) in [6, 6.07) is 17.0. The van der Waals surface area contributed by atoms with Gasteiger partial charge in [0, 0.05) is 10.6 Å². The minimum Gasteiger partial charge on any atom is -0.481 e. The van der Waals surface area contributed by atoms with Gasteiger partial charge in [-0.1, -0.05) is 71.7 Å². The smallest absolute Gasteiger partial charge is 0.309 e. The van der Waals surface area contributed by atoms with Crippen molar-refractivity contribution in [2.45, 2.75) is 13.0 Å². The number of aromatic nitrogens is 2. The van der Waals surface area contributed by atoms with Crippen molar-refractivity contribution in [1.29, 1.82) is 0 Å². The van der Waals surface area contributed by atoms with Crippen molar-refractivity contribution in [3.63, 3.8) is 0 Å². The number of nitrogens with zero attached hydrogens (tertiary/aromatic N) is 2. The molecular formula is C18H14Cl2N2O2. The van der Waals surface area contributed by atoms with Gasteiger partial charge in [0.1, 0.15) is 5.82 Å². The topological polar surface area (TPSA) is 55.1 Å². The molecule has 6 heteroatoms. The number of hydrogen-bond acceptors (Lipinski definition) is 2. The van der Waals surface area contributed by atoms with E-state index in [1.54, 1.807) is 6.07 Å². The third-order valence-corrected chi connectivity index (χ3v) is 4.33. The lowest BCUT2D eigenvalue weighted by Crippen LogP contribution is -2.11. The Bertz CT molecular complexity index is 876. The van der Waals surface area contributed by atoms with Crippen molar-refractivity contribution in [3.8, 4) is 11.4 Å². The highest BCUT2D eigenvalue weighted by molar-refractivity contribution is 6.31. The molecule has 3 aromatic rings. The van der Waals surface area contributed by atoms with Crippen molar-refractivity contribution in [2.75, 3.05) is 0 Å². The summed E-state index contributed by atoms with van der Waals surface area (Å²) in [7, 11) is 0. The van der Waals surface area contributed by atoms with Gasteiger partial charge in [-0.2, -0.15) is 0 Å². The van der Waals surface area contributed by atoms with Crippen molar-refractivity contribution in [2.24, 2.45) is 0 Å². The number of hydrogen-bond donors (Lipinski definition) is 1. The molecule has 0 unspecified atom stereocenters. The Hall–Kier alpha value is -2.30. The summed E-state index contributed by atoms with van der Waals surface area (Å²) in [5.74, 6) is -0.339. The van der Waals surface area contributed by atoms with E-state index in [4.69, 9.17) is 23.2 Å². The number of aliphatic carboxylic acids is 1. The Morgan fingerprint density at radius 2 is 1.71 bits per heavy atom. The van der Waals surface area contributed by atoms with E-state index < -0.39 is 5.97 Å². The summed E-state index contributed by atoms with van der Waals surface area (Å²) in [4.78, 5) is 15.6. The maximum Gasteiger partial charge on any atom is 0.309 e. The van der Waals surface area contributed by atoms with Crippen molar-refractivity contribution < 1.29 is 9.90 Å². The molecule has 1 aromatic heterocycles. The van der Waals surface area contributed by atoms with Gasteiger partial charge in [-0.3, -0.25) is 4.79 Å². The van der Waals surface area contributed by atoms with Gasteiger partial charge in [0.2, 0.25) is 0 Å². The Morgan fingerprint density at radius 3 is 2.38 bits per heavy atom. The summed E-state index contributed by atoms with van der Waals surface area (Å²) < 4.78 is 1.81. The predicted molar refractivity (Wildman–Crippen MR) is 94.6 cm³/mol. The van der Waals surface area contributed by atoms with Crippen LogP contribution in [0.15, 0.2) is 54.6 Å². The SMILES string of the molecule is O=C(O)Cc1c(Cl)nc(-c2ccccc2)n1Cc1ccccc1Cl. The Kier molecular flexibility index (Phi) is 4.88. The molecule has 0 aliphatic rings. The molecule has 0 aliphatic heterocycles. The normalized spacial score (nSPS) is 10.8. The van der Waals surface area contributed by atoms with Gasteiger partial charge in [0.15, 0.2) is 5.15 Å². The third kappa shape index (κ3) is 3.45. The fraction of sp³-hybridized carbons (Fsp3) is 0.111. The quantitative estimate of drug-likeness (QED) is 0.726. The van der Waals surface area contributed by atoms with Crippen molar-refractivity contribution >= 4 is 29.2 Å². The molecule has 0 radical (unpaired) electrons. The third-order valence-electron chi connectivity index (χ3n) is 3.66. The standard InChI is InChI=1S/C18H14Cl2N2O2/c19-14-9-5-4-8-13(14)11-22-15(10-16(23)24)17(20)21-18(22)12-6-2-1-3-7-12/h1-9H,10-11H2,(H,23,24). The second kappa shape index (κ2) is 7.07. The first-order valence-corrected chi connectivity index (χ1v) is 8.07. The van der Waals surface area contributed by atoms with E-state index in [1.165, 1.54) is 0 Å². The van der Waals surface area contributed by atoms with Gasteiger partial charge in [0.25, 0.3) is 0 Å². The maximum atomic E-state index is 11.2. The largest absolute Gasteiger partial charge is 0.481 e. The molecule has 24 heavy (non-hydrogen) atoms. The van der Waals surface area contributed by atoms with E-state index in [0.717, 1.165) is 11.1 Å². The second-order valence-corrected chi connectivity index (χ2v) is 6.05. The van der Waals surface area contributed by atoms with E-state index in [2.05, 4.69) is 4.98 Å². The van der Waals surface area contributed by atoms with Crippen molar-refractivity contribution in [3.05, 3.63) is 76.0 Å². The highest BCUT2D eigenvalue weighted by atomic mass is 35.5. The molecule has 2 aromatic carbocycles. The molecule has 0 spiro atoms.